The van der Waals surface area contributed by atoms with Gasteiger partial charge in [-0.1, -0.05) is 23.7 Å². The molecule has 1 saturated carbocycles. The third-order valence-electron chi connectivity index (χ3n) is 4.78. The van der Waals surface area contributed by atoms with Crippen molar-refractivity contribution in [3.8, 4) is 0 Å². The number of rotatable bonds is 3. The minimum absolute atomic E-state index is 0.0916. The maximum atomic E-state index is 6.54. The van der Waals surface area contributed by atoms with Crippen molar-refractivity contribution in [3.05, 3.63) is 52.2 Å². The molecular formula is C20H21ClN4. The van der Waals surface area contributed by atoms with Crippen LogP contribution in [0, 0.1) is 0 Å². The van der Waals surface area contributed by atoms with Gasteiger partial charge in [-0.05, 0) is 61.8 Å². The highest BCUT2D eigenvalue weighted by Crippen LogP contribution is 2.40. The number of allylic oxidation sites excluding steroid dienone is 3. The van der Waals surface area contributed by atoms with Gasteiger partial charge in [-0.3, -0.25) is 4.98 Å². The van der Waals surface area contributed by atoms with Crippen LogP contribution >= 0.6 is 11.6 Å². The molecule has 1 fully saturated rings. The summed E-state index contributed by atoms with van der Waals surface area (Å²) in [5, 5.41) is 1.78. The van der Waals surface area contributed by atoms with Gasteiger partial charge in [0.25, 0.3) is 0 Å². The summed E-state index contributed by atoms with van der Waals surface area (Å²) in [6, 6.07) is 6.19. The molecule has 4 rings (SSSR count). The van der Waals surface area contributed by atoms with Crippen molar-refractivity contribution in [2.45, 2.75) is 38.5 Å². The van der Waals surface area contributed by atoms with Crippen LogP contribution in [0.25, 0.3) is 22.2 Å². The first-order chi connectivity index (χ1) is 12.1. The zero-order chi connectivity index (χ0) is 17.4. The highest BCUT2D eigenvalue weighted by atomic mass is 35.5. The molecule has 0 radical (unpaired) electrons. The van der Waals surface area contributed by atoms with E-state index in [4.69, 9.17) is 23.1 Å². The molecule has 2 aliphatic carbocycles. The molecule has 1 heterocycles. The van der Waals surface area contributed by atoms with Crippen molar-refractivity contribution in [2.24, 2.45) is 16.5 Å². The summed E-state index contributed by atoms with van der Waals surface area (Å²) in [6.07, 6.45) is 10.8. The third-order valence-corrected chi connectivity index (χ3v) is 5.07. The van der Waals surface area contributed by atoms with Crippen LogP contribution in [-0.2, 0) is 0 Å². The Morgan fingerprint density at radius 3 is 2.64 bits per heavy atom. The number of aliphatic imine (C=N–C) groups is 1. The summed E-state index contributed by atoms with van der Waals surface area (Å²) in [7, 11) is 0. The first-order valence-corrected chi connectivity index (χ1v) is 9.11. The minimum atomic E-state index is 0.0916. The fourth-order valence-electron chi connectivity index (χ4n) is 3.48. The molecule has 1 aromatic carbocycles. The maximum absolute atomic E-state index is 6.54. The van der Waals surface area contributed by atoms with Gasteiger partial charge in [0.05, 0.1) is 16.2 Å². The molecule has 25 heavy (non-hydrogen) atoms. The fourth-order valence-corrected chi connectivity index (χ4v) is 3.76. The lowest BCUT2D eigenvalue weighted by Crippen LogP contribution is -2.22. The number of aromatic nitrogens is 1. The van der Waals surface area contributed by atoms with Crippen LogP contribution in [0.1, 0.15) is 49.7 Å². The highest BCUT2D eigenvalue weighted by molar-refractivity contribution is 6.33. The lowest BCUT2D eigenvalue weighted by atomic mass is 9.91. The largest absolute Gasteiger partial charge is 0.370 e. The Kier molecular flexibility index (Phi) is 4.22. The van der Waals surface area contributed by atoms with E-state index < -0.39 is 0 Å². The predicted octanol–water partition coefficient (Wildman–Crippen LogP) is 4.62. The first-order valence-electron chi connectivity index (χ1n) is 8.73. The van der Waals surface area contributed by atoms with E-state index in [0.717, 1.165) is 53.4 Å². The van der Waals surface area contributed by atoms with Gasteiger partial charge in [0.1, 0.15) is 0 Å². The Bertz CT molecular complexity index is 930. The number of guanidine groups is 1. The van der Waals surface area contributed by atoms with Gasteiger partial charge in [-0.25, -0.2) is 4.99 Å². The fraction of sp³-hybridized carbons (Fsp3) is 0.300. The Morgan fingerprint density at radius 2 is 1.96 bits per heavy atom. The van der Waals surface area contributed by atoms with Crippen LogP contribution in [0.3, 0.4) is 0 Å². The van der Waals surface area contributed by atoms with Crippen LogP contribution in [0.15, 0.2) is 41.0 Å². The Balaban J connectivity index is 1.91. The molecular weight excluding hydrogens is 332 g/mol. The zero-order valence-electron chi connectivity index (χ0n) is 14.1. The van der Waals surface area contributed by atoms with E-state index in [1.165, 1.54) is 24.0 Å². The Labute approximate surface area is 152 Å². The summed E-state index contributed by atoms with van der Waals surface area (Å²) in [5.41, 5.74) is 17.8. The SMILES string of the molecule is NC(N)=NC(=C1CC1)c1ccc2ncc(Cl)c(C3=CCCCC3)c2c1. The van der Waals surface area contributed by atoms with Crippen LogP contribution in [-0.4, -0.2) is 10.9 Å². The topological polar surface area (TPSA) is 77.3 Å². The predicted molar refractivity (Wildman–Crippen MR) is 105 cm³/mol. The lowest BCUT2D eigenvalue weighted by molar-refractivity contribution is 0.742. The molecule has 0 spiro atoms. The van der Waals surface area contributed by atoms with Crippen molar-refractivity contribution in [1.82, 2.24) is 4.98 Å². The van der Waals surface area contributed by atoms with Gasteiger partial charge in [0, 0.05) is 22.7 Å². The summed E-state index contributed by atoms with van der Waals surface area (Å²) in [6.45, 7) is 0. The first kappa shape index (κ1) is 16.2. The Hall–Kier alpha value is -2.33. The number of halogens is 1. The molecule has 4 nitrogen and oxygen atoms in total. The minimum Gasteiger partial charge on any atom is -0.370 e. The van der Waals surface area contributed by atoms with Crippen LogP contribution < -0.4 is 11.5 Å². The molecule has 0 unspecified atom stereocenters. The molecule has 2 aromatic rings. The van der Waals surface area contributed by atoms with Gasteiger partial charge in [-0.2, -0.15) is 0 Å². The molecule has 0 bridgehead atoms. The van der Waals surface area contributed by atoms with Crippen LogP contribution in [0.5, 0.6) is 0 Å². The third kappa shape index (κ3) is 3.27. The quantitative estimate of drug-likeness (QED) is 0.624. The molecule has 0 atom stereocenters. The standard InChI is InChI=1S/C20H21ClN4/c21-16-11-24-17-9-8-14(19(13-6-7-13)25-20(22)23)10-15(17)18(16)12-4-2-1-3-5-12/h4,8-11H,1-3,5-7H2,(H4,22,23,25). The van der Waals surface area contributed by atoms with Crippen molar-refractivity contribution in [3.63, 3.8) is 0 Å². The van der Waals surface area contributed by atoms with E-state index in [2.05, 4.69) is 22.1 Å². The van der Waals surface area contributed by atoms with Gasteiger partial charge >= 0.3 is 0 Å². The number of hydrogen-bond donors (Lipinski definition) is 2. The average Bonchev–Trinajstić information content (AvgIpc) is 3.44. The molecule has 0 aliphatic heterocycles. The number of pyridine rings is 1. The van der Waals surface area contributed by atoms with Crippen molar-refractivity contribution in [1.29, 1.82) is 0 Å². The summed E-state index contributed by atoms with van der Waals surface area (Å²) >= 11 is 6.54. The average molecular weight is 353 g/mol. The van der Waals surface area contributed by atoms with E-state index in [9.17, 15) is 0 Å². The van der Waals surface area contributed by atoms with Gasteiger partial charge < -0.3 is 11.5 Å². The molecule has 0 saturated heterocycles. The normalized spacial score (nSPS) is 16.5. The van der Waals surface area contributed by atoms with Crippen molar-refractivity contribution in [2.75, 3.05) is 0 Å². The van der Waals surface area contributed by atoms with E-state index in [-0.39, 0.29) is 5.96 Å². The number of benzene rings is 1. The number of nitrogens with zero attached hydrogens (tertiary/aromatic N) is 2. The van der Waals surface area contributed by atoms with Crippen molar-refractivity contribution < 1.29 is 0 Å². The lowest BCUT2D eigenvalue weighted by Gasteiger charge is -2.17. The number of nitrogens with two attached hydrogens (primary N) is 2. The molecule has 0 amide bonds. The summed E-state index contributed by atoms with van der Waals surface area (Å²) < 4.78 is 0. The molecule has 5 heteroatoms. The maximum Gasteiger partial charge on any atom is 0.191 e. The van der Waals surface area contributed by atoms with E-state index >= 15 is 0 Å². The molecule has 4 N–H and O–H groups in total. The van der Waals surface area contributed by atoms with Crippen LogP contribution in [0.4, 0.5) is 0 Å². The number of hydrogen-bond acceptors (Lipinski definition) is 2. The smallest absolute Gasteiger partial charge is 0.191 e. The molecule has 128 valence electrons. The van der Waals surface area contributed by atoms with Gasteiger partial charge in [-0.15, -0.1) is 0 Å². The molecule has 2 aliphatic rings. The van der Waals surface area contributed by atoms with E-state index in [1.807, 2.05) is 12.1 Å². The monoisotopic (exact) mass is 352 g/mol. The second kappa shape index (κ2) is 6.52. The summed E-state index contributed by atoms with van der Waals surface area (Å²) in [4.78, 5) is 8.86. The van der Waals surface area contributed by atoms with Gasteiger partial charge in [0.15, 0.2) is 5.96 Å². The van der Waals surface area contributed by atoms with E-state index in [0.29, 0.717) is 5.02 Å². The highest BCUT2D eigenvalue weighted by Gasteiger charge is 2.21. The van der Waals surface area contributed by atoms with E-state index in [1.54, 1.807) is 6.20 Å². The van der Waals surface area contributed by atoms with Crippen LogP contribution in [0.2, 0.25) is 5.02 Å². The van der Waals surface area contributed by atoms with Crippen molar-refractivity contribution >= 4 is 39.7 Å². The van der Waals surface area contributed by atoms with Gasteiger partial charge in [0.2, 0.25) is 0 Å². The zero-order valence-corrected chi connectivity index (χ0v) is 14.8. The second-order valence-corrected chi connectivity index (χ2v) is 7.08. The number of fused-ring (bicyclic) bond motifs is 1. The molecule has 1 aromatic heterocycles. The second-order valence-electron chi connectivity index (χ2n) is 6.68. The summed E-state index contributed by atoms with van der Waals surface area (Å²) in [5.74, 6) is 0.0916. The Morgan fingerprint density at radius 1 is 1.12 bits per heavy atom.